The molecule has 45 heavy (non-hydrogen) atoms. The number of urea groups is 1. The van der Waals surface area contributed by atoms with Gasteiger partial charge in [-0.25, -0.2) is 14.0 Å². The fraction of sp³-hybridized carbons (Fsp3) is 0.324. The van der Waals surface area contributed by atoms with Crippen molar-refractivity contribution in [3.63, 3.8) is 0 Å². The molecule has 1 saturated heterocycles. The number of halogens is 3. The molecular weight excluding hydrogens is 620 g/mol. The van der Waals surface area contributed by atoms with Crippen molar-refractivity contribution in [2.24, 2.45) is 0 Å². The molecule has 0 bridgehead atoms. The summed E-state index contributed by atoms with van der Waals surface area (Å²) in [5.74, 6) is -1.03. The van der Waals surface area contributed by atoms with Gasteiger partial charge in [-0.05, 0) is 61.9 Å². The molecule has 2 N–H and O–H groups in total. The number of carbonyl (C=O) groups is 2. The molecule has 234 valence electrons. The Bertz CT molecular complexity index is 1710. The SMILES string of the molecule is CCC1CCC(COCc2c(-c3c(Cl)cccc3Cl)noc2C2CC2)N1C(=O)Nc1ccc(C(=O)O)c(-c2ccccc2)c1F. The van der Waals surface area contributed by atoms with Crippen LogP contribution in [0, 0.1) is 5.82 Å². The van der Waals surface area contributed by atoms with Gasteiger partial charge < -0.3 is 24.6 Å². The molecule has 2 fully saturated rings. The summed E-state index contributed by atoms with van der Waals surface area (Å²) in [4.78, 5) is 27.3. The number of hydrogen-bond acceptors (Lipinski definition) is 5. The van der Waals surface area contributed by atoms with E-state index in [0.29, 0.717) is 39.7 Å². The average Bonchev–Trinajstić information content (AvgIpc) is 3.66. The highest BCUT2D eigenvalue weighted by atomic mass is 35.5. The second kappa shape index (κ2) is 13.2. The number of amides is 2. The van der Waals surface area contributed by atoms with Crippen LogP contribution in [0.25, 0.3) is 22.4 Å². The third-order valence-electron chi connectivity index (χ3n) is 8.52. The summed E-state index contributed by atoms with van der Waals surface area (Å²) >= 11 is 13.0. The van der Waals surface area contributed by atoms with Gasteiger partial charge in [0.05, 0.1) is 40.6 Å². The summed E-state index contributed by atoms with van der Waals surface area (Å²) in [5, 5.41) is 17.7. The highest BCUT2D eigenvalue weighted by Gasteiger charge is 2.38. The van der Waals surface area contributed by atoms with Gasteiger partial charge in [0.25, 0.3) is 0 Å². The molecule has 4 aromatic rings. The number of aromatic carboxylic acids is 1. The van der Waals surface area contributed by atoms with Crippen LogP contribution in [0.3, 0.4) is 0 Å². The lowest BCUT2D eigenvalue weighted by molar-refractivity contribution is 0.0695. The lowest BCUT2D eigenvalue weighted by Crippen LogP contribution is -2.45. The zero-order chi connectivity index (χ0) is 31.7. The Labute approximate surface area is 270 Å². The number of hydrogen-bond donors (Lipinski definition) is 2. The third kappa shape index (κ3) is 6.30. The molecule has 0 spiro atoms. The van der Waals surface area contributed by atoms with Gasteiger partial charge in [0.1, 0.15) is 11.5 Å². The fourth-order valence-corrected chi connectivity index (χ4v) is 6.70. The number of aromatic nitrogens is 1. The van der Waals surface area contributed by atoms with Crippen LogP contribution in [0.5, 0.6) is 0 Å². The maximum atomic E-state index is 15.9. The van der Waals surface area contributed by atoms with Gasteiger partial charge >= 0.3 is 12.0 Å². The summed E-state index contributed by atoms with van der Waals surface area (Å²) in [6.07, 6.45) is 4.20. The van der Waals surface area contributed by atoms with Crippen molar-refractivity contribution in [3.8, 4) is 22.4 Å². The first-order valence-corrected chi connectivity index (χ1v) is 15.7. The van der Waals surface area contributed by atoms with Gasteiger partial charge in [-0.2, -0.15) is 0 Å². The minimum absolute atomic E-state index is 0.0661. The highest BCUT2D eigenvalue weighted by molar-refractivity contribution is 6.39. The Hall–Kier alpha value is -3.92. The zero-order valence-corrected chi connectivity index (χ0v) is 26.1. The number of rotatable bonds is 10. The molecule has 1 aliphatic carbocycles. The van der Waals surface area contributed by atoms with Crippen molar-refractivity contribution in [2.45, 2.75) is 63.6 Å². The van der Waals surface area contributed by atoms with Crippen LogP contribution in [0.15, 0.2) is 65.2 Å². The molecule has 2 amide bonds. The molecule has 0 radical (unpaired) electrons. The lowest BCUT2D eigenvalue weighted by Gasteiger charge is -2.30. The lowest BCUT2D eigenvalue weighted by atomic mass is 9.98. The predicted octanol–water partition coefficient (Wildman–Crippen LogP) is 9.02. The van der Waals surface area contributed by atoms with Crippen LogP contribution in [0.2, 0.25) is 10.0 Å². The molecule has 2 aliphatic rings. The van der Waals surface area contributed by atoms with E-state index in [-0.39, 0.29) is 48.0 Å². The maximum absolute atomic E-state index is 15.9. The first-order chi connectivity index (χ1) is 21.8. The molecule has 1 aliphatic heterocycles. The zero-order valence-electron chi connectivity index (χ0n) is 24.6. The van der Waals surface area contributed by atoms with E-state index in [2.05, 4.69) is 10.5 Å². The van der Waals surface area contributed by atoms with E-state index in [0.717, 1.165) is 30.6 Å². The molecule has 3 aromatic carbocycles. The Kier molecular flexibility index (Phi) is 9.12. The number of ether oxygens (including phenoxy) is 1. The number of benzene rings is 3. The number of carbonyl (C=O) groups excluding carboxylic acids is 1. The van der Waals surface area contributed by atoms with Crippen LogP contribution in [-0.2, 0) is 11.3 Å². The smallest absolute Gasteiger partial charge is 0.336 e. The van der Waals surface area contributed by atoms with Crippen LogP contribution in [-0.4, -0.2) is 45.9 Å². The van der Waals surface area contributed by atoms with E-state index in [4.69, 9.17) is 32.5 Å². The van der Waals surface area contributed by atoms with E-state index in [1.807, 2.05) is 6.92 Å². The number of nitrogens with zero attached hydrogens (tertiary/aromatic N) is 2. The van der Waals surface area contributed by atoms with Crippen molar-refractivity contribution in [3.05, 3.63) is 93.4 Å². The quantitative estimate of drug-likeness (QED) is 0.177. The standard InChI is InChI=1S/C34H32Cl2FN3O5/c1-2-21-13-14-22(17-44-18-24-31(39-45-32(24)20-11-12-20)29-25(35)9-6-10-26(29)36)40(21)34(43)38-27-16-15-23(33(41)42)28(30(27)37)19-7-4-3-5-8-19/h3-10,15-16,20-22H,2,11-14,17-18H2,1H3,(H,38,43)(H,41,42). The summed E-state index contributed by atoms with van der Waals surface area (Å²) < 4.78 is 27.8. The first kappa shape index (κ1) is 31.1. The molecule has 8 nitrogen and oxygen atoms in total. The van der Waals surface area contributed by atoms with Crippen LogP contribution < -0.4 is 5.32 Å². The third-order valence-corrected chi connectivity index (χ3v) is 9.15. The number of likely N-dealkylation sites (tertiary alicyclic amines) is 1. The Balaban J connectivity index is 1.21. The minimum atomic E-state index is -1.26. The van der Waals surface area contributed by atoms with Gasteiger partial charge in [0.15, 0.2) is 5.82 Å². The van der Waals surface area contributed by atoms with Crippen molar-refractivity contribution in [1.29, 1.82) is 0 Å². The minimum Gasteiger partial charge on any atom is -0.478 e. The summed E-state index contributed by atoms with van der Waals surface area (Å²) in [5.41, 5.74) is 1.98. The van der Waals surface area contributed by atoms with Gasteiger partial charge in [0, 0.05) is 28.7 Å². The van der Waals surface area contributed by atoms with Crippen LogP contribution in [0.4, 0.5) is 14.9 Å². The van der Waals surface area contributed by atoms with Crippen molar-refractivity contribution in [1.82, 2.24) is 10.1 Å². The van der Waals surface area contributed by atoms with Gasteiger partial charge in [-0.3, -0.25) is 0 Å². The molecule has 1 saturated carbocycles. The Morgan fingerprint density at radius 2 is 1.71 bits per heavy atom. The topological polar surface area (TPSA) is 105 Å². The van der Waals surface area contributed by atoms with E-state index >= 15 is 4.39 Å². The Morgan fingerprint density at radius 3 is 2.38 bits per heavy atom. The number of carboxylic acid groups (broad SMARTS) is 1. The van der Waals surface area contributed by atoms with Gasteiger partial charge in [-0.1, -0.05) is 71.7 Å². The largest absolute Gasteiger partial charge is 0.478 e. The summed E-state index contributed by atoms with van der Waals surface area (Å²) in [6, 6.07) is 15.5. The highest BCUT2D eigenvalue weighted by Crippen LogP contribution is 2.46. The molecule has 11 heteroatoms. The van der Waals surface area contributed by atoms with Crippen molar-refractivity contribution in [2.75, 3.05) is 11.9 Å². The molecular formula is C34H32Cl2FN3O5. The fourth-order valence-electron chi connectivity index (χ4n) is 6.12. The van der Waals surface area contributed by atoms with Gasteiger partial charge in [0.2, 0.25) is 0 Å². The summed E-state index contributed by atoms with van der Waals surface area (Å²) in [7, 11) is 0. The Morgan fingerprint density at radius 1 is 1.00 bits per heavy atom. The predicted molar refractivity (Wildman–Crippen MR) is 170 cm³/mol. The van der Waals surface area contributed by atoms with Crippen molar-refractivity contribution >= 4 is 40.9 Å². The molecule has 2 unspecified atom stereocenters. The van der Waals surface area contributed by atoms with E-state index in [9.17, 15) is 14.7 Å². The van der Waals surface area contributed by atoms with Gasteiger partial charge in [-0.15, -0.1) is 0 Å². The average molecular weight is 653 g/mol. The second-order valence-corrected chi connectivity index (χ2v) is 12.2. The normalized spacial score (nSPS) is 17.9. The first-order valence-electron chi connectivity index (χ1n) is 15.0. The molecule has 1 aromatic heterocycles. The van der Waals surface area contributed by atoms with E-state index in [1.54, 1.807) is 53.4 Å². The van der Waals surface area contributed by atoms with Crippen LogP contribution in [0.1, 0.15) is 66.6 Å². The van der Waals surface area contributed by atoms with E-state index < -0.39 is 17.8 Å². The summed E-state index contributed by atoms with van der Waals surface area (Å²) in [6.45, 7) is 2.44. The maximum Gasteiger partial charge on any atom is 0.336 e. The molecule has 6 rings (SSSR count). The second-order valence-electron chi connectivity index (χ2n) is 11.4. The number of anilines is 1. The van der Waals surface area contributed by atoms with Crippen molar-refractivity contribution < 1.29 is 28.3 Å². The monoisotopic (exact) mass is 651 g/mol. The number of nitrogens with one attached hydrogen (secondary N) is 1. The molecule has 2 heterocycles. The van der Waals surface area contributed by atoms with Crippen LogP contribution >= 0.6 is 23.2 Å². The number of carboxylic acids is 1. The molecule has 2 atom stereocenters. The van der Waals surface area contributed by atoms with E-state index in [1.165, 1.54) is 12.1 Å².